The van der Waals surface area contributed by atoms with Gasteiger partial charge < -0.3 is 5.73 Å². The molecule has 2 nitrogen and oxygen atoms in total. The van der Waals surface area contributed by atoms with Gasteiger partial charge in [-0.2, -0.15) is 0 Å². The average molecular weight is 305 g/mol. The minimum atomic E-state index is -0.417. The molecule has 1 rings (SSSR count). The summed E-state index contributed by atoms with van der Waals surface area (Å²) in [4.78, 5) is 11.8. The molecule has 0 aliphatic carbocycles. The van der Waals surface area contributed by atoms with Crippen LogP contribution in [0.1, 0.15) is 19.4 Å². The Kier molecular flexibility index (Phi) is 4.96. The van der Waals surface area contributed by atoms with Crippen LogP contribution in [-0.4, -0.2) is 11.8 Å². The van der Waals surface area contributed by atoms with Crippen molar-refractivity contribution in [1.29, 1.82) is 0 Å². The van der Waals surface area contributed by atoms with Crippen molar-refractivity contribution >= 4 is 33.3 Å². The van der Waals surface area contributed by atoms with Crippen LogP contribution in [0, 0.1) is 5.92 Å². The average Bonchev–Trinajstić information content (AvgIpc) is 2.20. The van der Waals surface area contributed by atoms with Gasteiger partial charge in [0.05, 0.1) is 6.04 Å². The number of hydrogen-bond donors (Lipinski definition) is 1. The maximum absolute atomic E-state index is 11.8. The minimum Gasteiger partial charge on any atom is -0.321 e. The highest BCUT2D eigenvalue weighted by Crippen LogP contribution is 2.22. The molecule has 0 amide bonds. The molecule has 0 heterocycles. The Bertz CT molecular complexity index is 393. The molecule has 1 aromatic carbocycles. The second-order valence-electron chi connectivity index (χ2n) is 4.15. The highest BCUT2D eigenvalue weighted by atomic mass is 79.9. The summed E-state index contributed by atoms with van der Waals surface area (Å²) in [5, 5.41) is 0.596. The van der Waals surface area contributed by atoms with E-state index in [-0.39, 0.29) is 11.7 Å². The van der Waals surface area contributed by atoms with Crippen molar-refractivity contribution in [1.82, 2.24) is 0 Å². The van der Waals surface area contributed by atoms with Gasteiger partial charge in [-0.3, -0.25) is 4.79 Å². The van der Waals surface area contributed by atoms with Crippen LogP contribution in [0.25, 0.3) is 0 Å². The van der Waals surface area contributed by atoms with Gasteiger partial charge in [0.1, 0.15) is 0 Å². The molecule has 1 atom stereocenters. The molecule has 0 saturated heterocycles. The topological polar surface area (TPSA) is 43.1 Å². The zero-order valence-electron chi connectivity index (χ0n) is 9.34. The molecule has 0 aliphatic heterocycles. The Balaban J connectivity index is 2.77. The summed E-state index contributed by atoms with van der Waals surface area (Å²) in [6, 6.07) is 5.08. The van der Waals surface area contributed by atoms with E-state index in [0.29, 0.717) is 11.4 Å². The van der Waals surface area contributed by atoms with E-state index in [2.05, 4.69) is 15.9 Å². The van der Waals surface area contributed by atoms with E-state index in [1.54, 1.807) is 6.07 Å². The highest BCUT2D eigenvalue weighted by Gasteiger charge is 2.18. The van der Waals surface area contributed by atoms with E-state index in [4.69, 9.17) is 17.3 Å². The lowest BCUT2D eigenvalue weighted by molar-refractivity contribution is -0.120. The van der Waals surface area contributed by atoms with Gasteiger partial charge >= 0.3 is 0 Å². The first kappa shape index (κ1) is 13.7. The highest BCUT2D eigenvalue weighted by molar-refractivity contribution is 9.10. The molecule has 88 valence electrons. The van der Waals surface area contributed by atoms with E-state index in [0.717, 1.165) is 10.0 Å². The summed E-state index contributed by atoms with van der Waals surface area (Å²) in [6.07, 6.45) is 0.297. The second-order valence-corrected chi connectivity index (χ2v) is 5.47. The fourth-order valence-electron chi connectivity index (χ4n) is 1.34. The number of benzene rings is 1. The maximum Gasteiger partial charge on any atom is 0.154 e. The number of Topliss-reactive ketones (excluding diaryl/α,β-unsaturated/α-hetero) is 1. The number of hydrogen-bond acceptors (Lipinski definition) is 2. The van der Waals surface area contributed by atoms with Gasteiger partial charge in [0.2, 0.25) is 0 Å². The van der Waals surface area contributed by atoms with Crippen molar-refractivity contribution < 1.29 is 4.79 Å². The SMILES string of the molecule is CC(C)C(N)C(=O)Cc1ccc(Br)cc1Cl. The van der Waals surface area contributed by atoms with E-state index in [1.807, 2.05) is 26.0 Å². The second kappa shape index (κ2) is 5.80. The van der Waals surface area contributed by atoms with Crippen LogP contribution < -0.4 is 5.73 Å². The molecule has 0 bridgehead atoms. The van der Waals surface area contributed by atoms with Crippen LogP contribution >= 0.6 is 27.5 Å². The Morgan fingerprint density at radius 2 is 2.12 bits per heavy atom. The maximum atomic E-state index is 11.8. The third-order valence-corrected chi connectivity index (χ3v) is 3.31. The zero-order chi connectivity index (χ0) is 12.3. The van der Waals surface area contributed by atoms with Crippen molar-refractivity contribution in [2.45, 2.75) is 26.3 Å². The standard InChI is InChI=1S/C12H15BrClNO/c1-7(2)12(15)11(16)5-8-3-4-9(13)6-10(8)14/h3-4,6-7,12H,5,15H2,1-2H3. The van der Waals surface area contributed by atoms with E-state index in [1.165, 1.54) is 0 Å². The first-order valence-electron chi connectivity index (χ1n) is 5.14. The first-order chi connectivity index (χ1) is 7.41. The summed E-state index contributed by atoms with van der Waals surface area (Å²) >= 11 is 9.36. The number of nitrogens with two attached hydrogens (primary N) is 1. The number of halogens is 2. The lowest BCUT2D eigenvalue weighted by Gasteiger charge is -2.14. The van der Waals surface area contributed by atoms with Crippen LogP contribution in [0.4, 0.5) is 0 Å². The van der Waals surface area contributed by atoms with Gasteiger partial charge in [0, 0.05) is 15.9 Å². The Labute approximate surface area is 109 Å². The largest absolute Gasteiger partial charge is 0.321 e. The Hall–Kier alpha value is -0.380. The third-order valence-electron chi connectivity index (χ3n) is 2.47. The van der Waals surface area contributed by atoms with Crippen molar-refractivity contribution in [2.24, 2.45) is 11.7 Å². The van der Waals surface area contributed by atoms with Gasteiger partial charge in [0.25, 0.3) is 0 Å². The number of rotatable bonds is 4. The van der Waals surface area contributed by atoms with Crippen molar-refractivity contribution in [3.8, 4) is 0 Å². The lowest BCUT2D eigenvalue weighted by Crippen LogP contribution is -2.36. The van der Waals surface area contributed by atoms with Crippen molar-refractivity contribution in [3.05, 3.63) is 33.3 Å². The number of carbonyl (C=O) groups excluding carboxylic acids is 1. The van der Waals surface area contributed by atoms with Crippen LogP contribution in [-0.2, 0) is 11.2 Å². The normalized spacial score (nSPS) is 12.9. The van der Waals surface area contributed by atoms with Crippen LogP contribution in [0.15, 0.2) is 22.7 Å². The van der Waals surface area contributed by atoms with E-state index < -0.39 is 6.04 Å². The predicted octanol–water partition coefficient (Wildman–Crippen LogP) is 3.20. The summed E-state index contributed by atoms with van der Waals surface area (Å²) in [5.41, 5.74) is 6.61. The fourth-order valence-corrected chi connectivity index (χ4v) is 2.08. The third kappa shape index (κ3) is 3.58. The zero-order valence-corrected chi connectivity index (χ0v) is 11.7. The van der Waals surface area contributed by atoms with Crippen molar-refractivity contribution in [2.75, 3.05) is 0 Å². The molecular formula is C12H15BrClNO. The number of ketones is 1. The first-order valence-corrected chi connectivity index (χ1v) is 6.31. The lowest BCUT2D eigenvalue weighted by atomic mass is 9.96. The van der Waals surface area contributed by atoms with Gasteiger partial charge in [-0.15, -0.1) is 0 Å². The number of carbonyl (C=O) groups is 1. The van der Waals surface area contributed by atoms with Gasteiger partial charge in [-0.05, 0) is 23.6 Å². The minimum absolute atomic E-state index is 0.0271. The van der Waals surface area contributed by atoms with Gasteiger partial charge in [-0.1, -0.05) is 47.4 Å². The molecule has 0 saturated carbocycles. The molecule has 4 heteroatoms. The van der Waals surface area contributed by atoms with Crippen LogP contribution in [0.2, 0.25) is 5.02 Å². The molecule has 0 radical (unpaired) electrons. The Morgan fingerprint density at radius 1 is 1.50 bits per heavy atom. The smallest absolute Gasteiger partial charge is 0.154 e. The van der Waals surface area contributed by atoms with Crippen LogP contribution in [0.3, 0.4) is 0 Å². The Morgan fingerprint density at radius 3 is 2.62 bits per heavy atom. The van der Waals surface area contributed by atoms with E-state index >= 15 is 0 Å². The monoisotopic (exact) mass is 303 g/mol. The molecule has 1 aromatic rings. The summed E-state index contributed by atoms with van der Waals surface area (Å²) in [7, 11) is 0. The summed E-state index contributed by atoms with van der Waals surface area (Å²) in [5.74, 6) is 0.181. The molecular weight excluding hydrogens is 289 g/mol. The van der Waals surface area contributed by atoms with Gasteiger partial charge in [0.15, 0.2) is 5.78 Å². The molecule has 0 aliphatic rings. The van der Waals surface area contributed by atoms with Gasteiger partial charge in [-0.25, -0.2) is 0 Å². The molecule has 16 heavy (non-hydrogen) atoms. The summed E-state index contributed by atoms with van der Waals surface area (Å²) < 4.78 is 0.904. The summed E-state index contributed by atoms with van der Waals surface area (Å²) in [6.45, 7) is 3.87. The fraction of sp³-hybridized carbons (Fsp3) is 0.417. The van der Waals surface area contributed by atoms with E-state index in [9.17, 15) is 4.79 Å². The molecule has 0 fully saturated rings. The van der Waals surface area contributed by atoms with Crippen LogP contribution in [0.5, 0.6) is 0 Å². The predicted molar refractivity (Wildman–Crippen MR) is 70.7 cm³/mol. The molecule has 0 aromatic heterocycles. The molecule has 1 unspecified atom stereocenters. The molecule has 0 spiro atoms. The molecule has 2 N–H and O–H groups in total. The van der Waals surface area contributed by atoms with Crippen molar-refractivity contribution in [3.63, 3.8) is 0 Å². The quantitative estimate of drug-likeness (QED) is 0.928.